The van der Waals surface area contributed by atoms with Crippen LogP contribution in [0.4, 0.5) is 0 Å². The third-order valence-electron chi connectivity index (χ3n) is 7.47. The summed E-state index contributed by atoms with van der Waals surface area (Å²) in [5.74, 6) is 0. The zero-order valence-electron chi connectivity index (χ0n) is 17.8. The number of aliphatic hydroxyl groups excluding tert-OH is 1. The molecule has 0 aromatic heterocycles. The summed E-state index contributed by atoms with van der Waals surface area (Å²) < 4.78 is 0. The number of β-amino-alcohol motifs (C(OH)–C–C–N with tert-alkyl or cyclic N) is 1. The molecule has 2 aliphatic heterocycles. The zero-order chi connectivity index (χ0) is 20.6. The molecule has 2 heterocycles. The number of aliphatic hydroxyl groups is 1. The van der Waals surface area contributed by atoms with Gasteiger partial charge in [-0.15, -0.1) is 11.8 Å². The predicted molar refractivity (Wildman–Crippen MR) is 127 cm³/mol. The van der Waals surface area contributed by atoms with Crippen LogP contribution in [0.5, 0.6) is 0 Å². The molecule has 0 radical (unpaired) electrons. The van der Waals surface area contributed by atoms with E-state index in [0.29, 0.717) is 6.04 Å². The summed E-state index contributed by atoms with van der Waals surface area (Å²) >= 11 is 3.82. The van der Waals surface area contributed by atoms with E-state index in [1.807, 2.05) is 23.5 Å². The molecular weight excluding hydrogens is 408 g/mol. The minimum absolute atomic E-state index is 0.179. The van der Waals surface area contributed by atoms with E-state index >= 15 is 0 Å². The Kier molecular flexibility index (Phi) is 6.18. The predicted octanol–water partition coefficient (Wildman–Crippen LogP) is 4.71. The number of benzene rings is 2. The largest absolute Gasteiger partial charge is 0.395 e. The molecule has 5 heteroatoms. The second-order valence-corrected chi connectivity index (χ2v) is 10.8. The molecular formula is C25H32N2OS2. The van der Waals surface area contributed by atoms with Crippen molar-refractivity contribution in [2.45, 2.75) is 51.8 Å². The van der Waals surface area contributed by atoms with E-state index in [0.717, 1.165) is 32.7 Å². The molecule has 0 unspecified atom stereocenters. The van der Waals surface area contributed by atoms with Crippen molar-refractivity contribution in [1.29, 1.82) is 0 Å². The third-order valence-corrected chi connectivity index (χ3v) is 9.35. The van der Waals surface area contributed by atoms with Crippen molar-refractivity contribution < 1.29 is 5.11 Å². The number of thioether (sulfide) groups is 1. The fraction of sp³-hybridized carbons (Fsp3) is 0.520. The van der Waals surface area contributed by atoms with Gasteiger partial charge < -0.3 is 5.11 Å². The molecule has 5 rings (SSSR count). The van der Waals surface area contributed by atoms with E-state index in [1.54, 1.807) is 11.1 Å². The van der Waals surface area contributed by atoms with Gasteiger partial charge in [-0.2, -0.15) is 0 Å². The molecule has 1 saturated heterocycles. The van der Waals surface area contributed by atoms with Gasteiger partial charge in [-0.25, -0.2) is 0 Å². The lowest BCUT2D eigenvalue weighted by Crippen LogP contribution is -2.52. The molecule has 2 aromatic rings. The van der Waals surface area contributed by atoms with Crippen LogP contribution in [0, 0.1) is 0 Å². The highest BCUT2D eigenvalue weighted by Crippen LogP contribution is 2.56. The SMILES string of the molecule is CSc1ccc2c(c1)C1(CCC(N3CCN(CCO)CC3)CC1)c1ccccc1S2. The number of hydrogen-bond acceptors (Lipinski definition) is 5. The Morgan fingerprint density at radius 3 is 2.47 bits per heavy atom. The van der Waals surface area contributed by atoms with Crippen LogP contribution in [0.15, 0.2) is 57.2 Å². The topological polar surface area (TPSA) is 26.7 Å². The molecule has 1 N–H and O–H groups in total. The first-order valence-corrected chi connectivity index (χ1v) is 13.3. The summed E-state index contributed by atoms with van der Waals surface area (Å²) in [6, 6.07) is 17.0. The Morgan fingerprint density at radius 2 is 1.73 bits per heavy atom. The lowest BCUT2D eigenvalue weighted by Gasteiger charge is -2.48. The summed E-state index contributed by atoms with van der Waals surface area (Å²) in [5, 5.41) is 9.21. The third kappa shape index (κ3) is 3.73. The quantitative estimate of drug-likeness (QED) is 0.695. The van der Waals surface area contributed by atoms with Gasteiger partial charge in [-0.1, -0.05) is 30.0 Å². The molecule has 3 aliphatic rings. The van der Waals surface area contributed by atoms with Gasteiger partial charge >= 0.3 is 0 Å². The van der Waals surface area contributed by atoms with Crippen molar-refractivity contribution in [3.63, 3.8) is 0 Å². The van der Waals surface area contributed by atoms with Crippen molar-refractivity contribution in [3.8, 4) is 0 Å². The Balaban J connectivity index is 1.39. The molecule has 2 aromatic carbocycles. The van der Waals surface area contributed by atoms with Crippen LogP contribution in [-0.4, -0.2) is 66.5 Å². The molecule has 0 atom stereocenters. The normalized spacial score (nSPS) is 27.1. The van der Waals surface area contributed by atoms with Crippen molar-refractivity contribution in [2.24, 2.45) is 0 Å². The fourth-order valence-electron chi connectivity index (χ4n) is 5.81. The lowest BCUT2D eigenvalue weighted by atomic mass is 9.64. The van der Waals surface area contributed by atoms with Gasteiger partial charge in [0.2, 0.25) is 0 Å². The first-order valence-electron chi connectivity index (χ1n) is 11.3. The van der Waals surface area contributed by atoms with Crippen molar-refractivity contribution in [3.05, 3.63) is 53.6 Å². The Bertz CT molecular complexity index is 886. The Hall–Kier alpha value is -0.980. The summed E-state index contributed by atoms with van der Waals surface area (Å²) in [7, 11) is 0. The van der Waals surface area contributed by atoms with Crippen LogP contribution in [0.3, 0.4) is 0 Å². The second-order valence-electron chi connectivity index (χ2n) is 8.87. The second kappa shape index (κ2) is 8.87. The molecule has 1 aliphatic carbocycles. The maximum Gasteiger partial charge on any atom is 0.0558 e. The average Bonchev–Trinajstić information content (AvgIpc) is 2.80. The van der Waals surface area contributed by atoms with E-state index in [4.69, 9.17) is 0 Å². The van der Waals surface area contributed by atoms with Gasteiger partial charge in [0.25, 0.3) is 0 Å². The summed E-state index contributed by atoms with van der Waals surface area (Å²) in [4.78, 5) is 9.43. The van der Waals surface area contributed by atoms with E-state index in [1.165, 1.54) is 40.4 Å². The molecule has 0 amide bonds. The molecule has 30 heavy (non-hydrogen) atoms. The van der Waals surface area contributed by atoms with Crippen LogP contribution in [0.2, 0.25) is 0 Å². The van der Waals surface area contributed by atoms with Crippen LogP contribution < -0.4 is 0 Å². The van der Waals surface area contributed by atoms with Crippen molar-refractivity contribution in [2.75, 3.05) is 45.6 Å². The first-order chi connectivity index (χ1) is 14.7. The van der Waals surface area contributed by atoms with E-state index in [9.17, 15) is 5.11 Å². The van der Waals surface area contributed by atoms with Crippen molar-refractivity contribution >= 4 is 23.5 Å². The Morgan fingerprint density at radius 1 is 1.00 bits per heavy atom. The average molecular weight is 441 g/mol. The van der Waals surface area contributed by atoms with Crippen molar-refractivity contribution in [1.82, 2.24) is 9.80 Å². The Labute approximate surface area is 189 Å². The van der Waals surface area contributed by atoms with Crippen LogP contribution in [0.25, 0.3) is 0 Å². The van der Waals surface area contributed by atoms with Gasteiger partial charge in [0, 0.05) is 58.9 Å². The minimum Gasteiger partial charge on any atom is -0.395 e. The number of fused-ring (bicyclic) bond motifs is 4. The first kappa shape index (κ1) is 20.9. The maximum atomic E-state index is 9.21. The zero-order valence-corrected chi connectivity index (χ0v) is 19.5. The van der Waals surface area contributed by atoms with Gasteiger partial charge in [-0.05, 0) is 67.3 Å². The highest BCUT2D eigenvalue weighted by atomic mass is 32.2. The van der Waals surface area contributed by atoms with E-state index in [2.05, 4.69) is 58.5 Å². The molecule has 3 nitrogen and oxygen atoms in total. The number of nitrogens with zero attached hydrogens (tertiary/aromatic N) is 2. The fourth-order valence-corrected chi connectivity index (χ4v) is 7.50. The summed E-state index contributed by atoms with van der Waals surface area (Å²) in [6.07, 6.45) is 7.24. The smallest absolute Gasteiger partial charge is 0.0558 e. The van der Waals surface area contributed by atoms with E-state index in [-0.39, 0.29) is 12.0 Å². The molecule has 2 fully saturated rings. The molecule has 1 saturated carbocycles. The number of hydrogen-bond donors (Lipinski definition) is 1. The highest BCUT2D eigenvalue weighted by molar-refractivity contribution is 7.99. The van der Waals surface area contributed by atoms with Gasteiger partial charge in [-0.3, -0.25) is 9.80 Å². The molecule has 0 bridgehead atoms. The van der Waals surface area contributed by atoms with Crippen LogP contribution in [0.1, 0.15) is 36.8 Å². The standard InChI is InChI=1S/C25H32N2OS2/c1-29-20-6-7-24-22(18-20)25(21-4-2-3-5-23(21)30-24)10-8-19(9-11-25)27-14-12-26(13-15-27)16-17-28/h2-7,18-19,28H,8-17H2,1H3. The summed E-state index contributed by atoms with van der Waals surface area (Å²) in [6.45, 7) is 5.60. The van der Waals surface area contributed by atoms with Gasteiger partial charge in [0.15, 0.2) is 0 Å². The minimum atomic E-state index is 0.179. The maximum absolute atomic E-state index is 9.21. The van der Waals surface area contributed by atoms with E-state index < -0.39 is 0 Å². The van der Waals surface area contributed by atoms with Crippen LogP contribution >= 0.6 is 23.5 Å². The lowest BCUT2D eigenvalue weighted by molar-refractivity contribution is 0.0612. The van der Waals surface area contributed by atoms with Crippen LogP contribution in [-0.2, 0) is 5.41 Å². The number of rotatable bonds is 4. The van der Waals surface area contributed by atoms with Gasteiger partial charge in [0.05, 0.1) is 6.61 Å². The number of piperazine rings is 1. The van der Waals surface area contributed by atoms with Gasteiger partial charge in [0.1, 0.15) is 0 Å². The molecule has 1 spiro atoms. The monoisotopic (exact) mass is 440 g/mol. The highest BCUT2D eigenvalue weighted by Gasteiger charge is 2.44. The summed E-state index contributed by atoms with van der Waals surface area (Å²) in [5.41, 5.74) is 3.31. The molecule has 160 valence electrons.